The highest BCUT2D eigenvalue weighted by atomic mass is 32.2. The van der Waals surface area contributed by atoms with Crippen molar-refractivity contribution in [2.24, 2.45) is 11.5 Å². The standard InChI is InChI=1S/C3H7N3OS/c4-1-2(7)8-3(5)6-1/h1,3,6H,4-5H2. The van der Waals surface area contributed by atoms with Gasteiger partial charge in [-0.3, -0.25) is 10.1 Å². The lowest BCUT2D eigenvalue weighted by atomic mass is 10.6. The Morgan fingerprint density at radius 1 is 1.62 bits per heavy atom. The smallest absolute Gasteiger partial charge is 0.223 e. The lowest BCUT2D eigenvalue weighted by Gasteiger charge is -1.98. The van der Waals surface area contributed by atoms with Gasteiger partial charge in [-0.15, -0.1) is 0 Å². The minimum Gasteiger partial charge on any atom is -0.309 e. The molecular weight excluding hydrogens is 126 g/mol. The fourth-order valence-electron chi connectivity index (χ4n) is 0.477. The maximum absolute atomic E-state index is 10.5. The van der Waals surface area contributed by atoms with Crippen LogP contribution in [0.25, 0.3) is 0 Å². The van der Waals surface area contributed by atoms with Crippen LogP contribution in [0.3, 0.4) is 0 Å². The fourth-order valence-corrected chi connectivity index (χ4v) is 1.16. The Hall–Kier alpha value is -0.100. The third kappa shape index (κ3) is 1.00. The summed E-state index contributed by atoms with van der Waals surface area (Å²) in [5, 5.41) is 2.55. The van der Waals surface area contributed by atoms with Crippen LogP contribution in [0, 0.1) is 0 Å². The van der Waals surface area contributed by atoms with E-state index in [4.69, 9.17) is 11.5 Å². The average molecular weight is 133 g/mol. The highest BCUT2D eigenvalue weighted by Crippen LogP contribution is 2.12. The second-order valence-corrected chi connectivity index (χ2v) is 2.65. The van der Waals surface area contributed by atoms with Crippen LogP contribution in [0.15, 0.2) is 0 Å². The second kappa shape index (κ2) is 2.02. The first kappa shape index (κ1) is 6.03. The summed E-state index contributed by atoms with van der Waals surface area (Å²) in [4.78, 5) is 10.5. The Bertz CT molecular complexity index is 117. The lowest BCUT2D eigenvalue weighted by molar-refractivity contribution is -0.112. The molecule has 5 heteroatoms. The van der Waals surface area contributed by atoms with Crippen molar-refractivity contribution in [3.05, 3.63) is 0 Å². The van der Waals surface area contributed by atoms with E-state index in [1.807, 2.05) is 0 Å². The highest BCUT2D eigenvalue weighted by Gasteiger charge is 2.26. The summed E-state index contributed by atoms with van der Waals surface area (Å²) in [7, 11) is 0. The van der Waals surface area contributed by atoms with Gasteiger partial charge in [0, 0.05) is 0 Å². The maximum atomic E-state index is 10.5. The van der Waals surface area contributed by atoms with Gasteiger partial charge in [0.15, 0.2) is 0 Å². The monoisotopic (exact) mass is 133 g/mol. The molecular formula is C3H7N3OS. The third-order valence-electron chi connectivity index (χ3n) is 0.841. The van der Waals surface area contributed by atoms with E-state index in [0.717, 1.165) is 11.8 Å². The Balaban J connectivity index is 2.51. The minimum absolute atomic E-state index is 0.0856. The van der Waals surface area contributed by atoms with Crippen LogP contribution in [0.5, 0.6) is 0 Å². The first-order valence-corrected chi connectivity index (χ1v) is 3.06. The number of thioether (sulfide) groups is 1. The van der Waals surface area contributed by atoms with Gasteiger partial charge in [-0.2, -0.15) is 0 Å². The molecule has 0 aromatic rings. The van der Waals surface area contributed by atoms with Crippen molar-refractivity contribution >= 4 is 16.9 Å². The Morgan fingerprint density at radius 2 is 2.25 bits per heavy atom. The van der Waals surface area contributed by atoms with Crippen LogP contribution in [0.2, 0.25) is 0 Å². The summed E-state index contributed by atoms with van der Waals surface area (Å²) >= 11 is 1.03. The van der Waals surface area contributed by atoms with Crippen LogP contribution in [0.4, 0.5) is 0 Å². The van der Waals surface area contributed by atoms with Gasteiger partial charge >= 0.3 is 0 Å². The SMILES string of the molecule is NC1NC(N)C(=O)S1. The number of rotatable bonds is 0. The number of nitrogens with two attached hydrogens (primary N) is 2. The Labute approximate surface area is 51.0 Å². The third-order valence-corrected chi connectivity index (χ3v) is 1.72. The average Bonchev–Trinajstić information content (AvgIpc) is 1.85. The van der Waals surface area contributed by atoms with E-state index in [-0.39, 0.29) is 10.6 Å². The predicted molar refractivity (Wildman–Crippen MR) is 31.7 cm³/mol. The van der Waals surface area contributed by atoms with E-state index in [0.29, 0.717) is 0 Å². The molecule has 1 fully saturated rings. The highest BCUT2D eigenvalue weighted by molar-refractivity contribution is 8.14. The minimum atomic E-state index is -0.560. The van der Waals surface area contributed by atoms with E-state index < -0.39 is 6.17 Å². The number of hydrogen-bond donors (Lipinski definition) is 3. The number of carbonyl (C=O) groups is 1. The molecule has 1 heterocycles. The van der Waals surface area contributed by atoms with Crippen LogP contribution >= 0.6 is 11.8 Å². The number of hydrogen-bond acceptors (Lipinski definition) is 5. The van der Waals surface area contributed by atoms with Crippen molar-refractivity contribution in [3.63, 3.8) is 0 Å². The molecule has 2 unspecified atom stereocenters. The molecule has 1 rings (SSSR count). The van der Waals surface area contributed by atoms with Crippen LogP contribution in [-0.4, -0.2) is 16.8 Å². The van der Waals surface area contributed by atoms with Crippen molar-refractivity contribution in [3.8, 4) is 0 Å². The molecule has 0 amide bonds. The van der Waals surface area contributed by atoms with E-state index >= 15 is 0 Å². The molecule has 0 aromatic carbocycles. The maximum Gasteiger partial charge on any atom is 0.223 e. The summed E-state index contributed by atoms with van der Waals surface area (Å²) in [6, 6.07) is 0. The van der Waals surface area contributed by atoms with E-state index in [1.54, 1.807) is 0 Å². The van der Waals surface area contributed by atoms with Crippen LogP contribution < -0.4 is 16.8 Å². The van der Waals surface area contributed by atoms with Gasteiger partial charge in [0.05, 0.1) is 0 Å². The zero-order valence-electron chi connectivity index (χ0n) is 4.13. The fraction of sp³-hybridized carbons (Fsp3) is 0.667. The van der Waals surface area contributed by atoms with Crippen molar-refractivity contribution in [1.82, 2.24) is 5.32 Å². The molecule has 1 aliphatic heterocycles. The molecule has 46 valence electrons. The van der Waals surface area contributed by atoms with Crippen molar-refractivity contribution in [2.75, 3.05) is 0 Å². The van der Waals surface area contributed by atoms with Gasteiger partial charge in [-0.05, 0) is 0 Å². The van der Waals surface area contributed by atoms with Crippen LogP contribution in [-0.2, 0) is 4.79 Å². The molecule has 4 nitrogen and oxygen atoms in total. The predicted octanol–water partition coefficient (Wildman–Crippen LogP) is -1.62. The van der Waals surface area contributed by atoms with E-state index in [2.05, 4.69) is 5.32 Å². The molecule has 0 aliphatic carbocycles. The Kier molecular flexibility index (Phi) is 1.52. The molecule has 5 N–H and O–H groups in total. The topological polar surface area (TPSA) is 81.1 Å². The van der Waals surface area contributed by atoms with Gasteiger partial charge in [0.2, 0.25) is 5.12 Å². The first-order chi connectivity index (χ1) is 3.70. The van der Waals surface area contributed by atoms with Crippen molar-refractivity contribution < 1.29 is 4.79 Å². The van der Waals surface area contributed by atoms with Crippen LogP contribution in [0.1, 0.15) is 0 Å². The van der Waals surface area contributed by atoms with Gasteiger partial charge in [-0.1, -0.05) is 11.8 Å². The lowest BCUT2D eigenvalue weighted by Crippen LogP contribution is -2.42. The zero-order chi connectivity index (χ0) is 6.15. The van der Waals surface area contributed by atoms with E-state index in [9.17, 15) is 4.79 Å². The van der Waals surface area contributed by atoms with Gasteiger partial charge in [0.1, 0.15) is 11.7 Å². The number of nitrogens with one attached hydrogen (secondary N) is 1. The molecule has 0 spiro atoms. The first-order valence-electron chi connectivity index (χ1n) is 2.18. The molecule has 0 aromatic heterocycles. The molecule has 0 bridgehead atoms. The molecule has 0 saturated carbocycles. The summed E-state index contributed by atoms with van der Waals surface area (Å²) in [5.74, 6) is 0. The van der Waals surface area contributed by atoms with Crippen molar-refractivity contribution in [2.45, 2.75) is 11.7 Å². The van der Waals surface area contributed by atoms with Gasteiger partial charge < -0.3 is 11.5 Å². The quantitative estimate of drug-likeness (QED) is 0.370. The van der Waals surface area contributed by atoms with Crippen molar-refractivity contribution in [1.29, 1.82) is 0 Å². The molecule has 0 radical (unpaired) electrons. The molecule has 8 heavy (non-hydrogen) atoms. The Morgan fingerprint density at radius 3 is 2.38 bits per heavy atom. The molecule has 1 aliphatic rings. The molecule has 1 saturated heterocycles. The zero-order valence-corrected chi connectivity index (χ0v) is 4.94. The number of carbonyl (C=O) groups excluding carboxylic acids is 1. The van der Waals surface area contributed by atoms with Gasteiger partial charge in [0.25, 0.3) is 0 Å². The normalized spacial score (nSPS) is 38.5. The summed E-state index contributed by atoms with van der Waals surface area (Å²) in [6.07, 6.45) is -0.560. The summed E-state index contributed by atoms with van der Waals surface area (Å²) in [5.41, 5.74) is 10.2. The second-order valence-electron chi connectivity index (χ2n) is 1.50. The van der Waals surface area contributed by atoms with E-state index in [1.165, 1.54) is 0 Å². The molecule has 2 atom stereocenters. The van der Waals surface area contributed by atoms with Gasteiger partial charge in [-0.25, -0.2) is 0 Å². The largest absolute Gasteiger partial charge is 0.309 e. The summed E-state index contributed by atoms with van der Waals surface area (Å²) < 4.78 is 0. The summed E-state index contributed by atoms with van der Waals surface area (Å²) in [6.45, 7) is 0.